The Morgan fingerprint density at radius 1 is 1.28 bits per heavy atom. The number of rotatable bonds is 6. The van der Waals surface area contributed by atoms with Crippen LogP contribution in [0, 0.1) is 6.92 Å². The van der Waals surface area contributed by atoms with E-state index in [2.05, 4.69) is 39.4 Å². The third-order valence-electron chi connectivity index (χ3n) is 5.21. The number of aryl methyl sites for hydroxylation is 2. The zero-order chi connectivity index (χ0) is 20.2. The second kappa shape index (κ2) is 8.77. The van der Waals surface area contributed by atoms with Crippen molar-refractivity contribution < 1.29 is 9.32 Å². The second-order valence-electron chi connectivity index (χ2n) is 7.09. The summed E-state index contributed by atoms with van der Waals surface area (Å²) < 4.78 is 7.24. The van der Waals surface area contributed by atoms with Crippen molar-refractivity contribution in [1.29, 1.82) is 0 Å². The maximum Gasteiger partial charge on any atom is 0.233 e. The summed E-state index contributed by atoms with van der Waals surface area (Å²) in [6.45, 7) is 5.35. The van der Waals surface area contributed by atoms with E-state index in [4.69, 9.17) is 4.52 Å². The number of amides is 1. The van der Waals surface area contributed by atoms with Crippen molar-refractivity contribution in [2.75, 3.05) is 18.8 Å². The van der Waals surface area contributed by atoms with Crippen LogP contribution in [0.3, 0.4) is 0 Å². The van der Waals surface area contributed by atoms with E-state index < -0.39 is 0 Å². The maximum absolute atomic E-state index is 12.7. The van der Waals surface area contributed by atoms with E-state index in [0.717, 1.165) is 30.1 Å². The molecule has 0 bridgehead atoms. The monoisotopic (exact) mass is 412 g/mol. The number of aromatic nitrogens is 5. The van der Waals surface area contributed by atoms with Crippen LogP contribution in [0.5, 0.6) is 0 Å². The molecular formula is C20H24N6O2S. The van der Waals surface area contributed by atoms with Gasteiger partial charge in [-0.2, -0.15) is 4.98 Å². The number of likely N-dealkylation sites (tertiary alicyclic amines) is 1. The molecule has 1 aliphatic heterocycles. The van der Waals surface area contributed by atoms with Crippen LogP contribution in [-0.4, -0.2) is 54.6 Å². The number of nitrogens with zero attached hydrogens (tertiary/aromatic N) is 6. The molecule has 152 valence electrons. The van der Waals surface area contributed by atoms with Crippen molar-refractivity contribution in [2.24, 2.45) is 0 Å². The highest BCUT2D eigenvalue weighted by molar-refractivity contribution is 7.99. The van der Waals surface area contributed by atoms with Crippen LogP contribution in [0.2, 0.25) is 0 Å². The first-order chi connectivity index (χ1) is 14.2. The Labute approximate surface area is 173 Å². The zero-order valence-electron chi connectivity index (χ0n) is 16.6. The van der Waals surface area contributed by atoms with E-state index in [-0.39, 0.29) is 11.8 Å². The van der Waals surface area contributed by atoms with Crippen LogP contribution in [0.25, 0.3) is 5.69 Å². The summed E-state index contributed by atoms with van der Waals surface area (Å²) in [7, 11) is 0. The lowest BCUT2D eigenvalue weighted by Gasteiger charge is -2.30. The van der Waals surface area contributed by atoms with Crippen LogP contribution >= 0.6 is 11.8 Å². The van der Waals surface area contributed by atoms with E-state index in [1.54, 1.807) is 6.33 Å². The summed E-state index contributed by atoms with van der Waals surface area (Å²) in [5.74, 6) is 2.04. The minimum atomic E-state index is 0.119. The topological polar surface area (TPSA) is 89.9 Å². The van der Waals surface area contributed by atoms with Crippen molar-refractivity contribution in [3.05, 3.63) is 47.9 Å². The Bertz CT molecular complexity index is 977. The number of hydrogen-bond donors (Lipinski definition) is 0. The van der Waals surface area contributed by atoms with Gasteiger partial charge in [-0.1, -0.05) is 42.0 Å². The molecule has 3 aromatic rings. The van der Waals surface area contributed by atoms with E-state index in [1.807, 2.05) is 28.5 Å². The van der Waals surface area contributed by atoms with Gasteiger partial charge < -0.3 is 9.42 Å². The van der Waals surface area contributed by atoms with Gasteiger partial charge in [0.05, 0.1) is 11.4 Å². The number of benzene rings is 1. The Kier molecular flexibility index (Phi) is 5.94. The van der Waals surface area contributed by atoms with Gasteiger partial charge in [0.1, 0.15) is 6.33 Å². The minimum absolute atomic E-state index is 0.119. The van der Waals surface area contributed by atoms with E-state index in [1.165, 1.54) is 17.3 Å². The standard InChI is InChI=1S/C20H24N6O2S/c1-3-15-6-4-5-7-17(15)26-13-21-23-20(26)29-12-18(27)25-10-8-16(9-11-25)19-22-14(2)24-28-19/h4-7,13,16H,3,8-12H2,1-2H3. The molecular weight excluding hydrogens is 388 g/mol. The number of carbonyl (C=O) groups is 1. The summed E-state index contributed by atoms with van der Waals surface area (Å²) in [4.78, 5) is 18.9. The molecule has 0 spiro atoms. The molecule has 1 aliphatic rings. The summed E-state index contributed by atoms with van der Waals surface area (Å²) in [5.41, 5.74) is 2.28. The van der Waals surface area contributed by atoms with Crippen LogP contribution in [0.15, 0.2) is 40.3 Å². The third kappa shape index (κ3) is 4.34. The van der Waals surface area contributed by atoms with Crippen LogP contribution in [0.4, 0.5) is 0 Å². The predicted molar refractivity (Wildman–Crippen MR) is 109 cm³/mol. The van der Waals surface area contributed by atoms with E-state index in [0.29, 0.717) is 30.6 Å². The highest BCUT2D eigenvalue weighted by atomic mass is 32.2. The van der Waals surface area contributed by atoms with Crippen LogP contribution in [0.1, 0.15) is 43.0 Å². The van der Waals surface area contributed by atoms with Crippen molar-refractivity contribution in [1.82, 2.24) is 29.8 Å². The summed E-state index contributed by atoms with van der Waals surface area (Å²) in [6, 6.07) is 8.19. The summed E-state index contributed by atoms with van der Waals surface area (Å²) in [5, 5.41) is 12.9. The fourth-order valence-corrected chi connectivity index (χ4v) is 4.43. The van der Waals surface area contributed by atoms with Gasteiger partial charge in [-0.25, -0.2) is 0 Å². The van der Waals surface area contributed by atoms with Gasteiger partial charge in [-0.3, -0.25) is 9.36 Å². The molecule has 0 N–H and O–H groups in total. The van der Waals surface area contributed by atoms with Crippen molar-refractivity contribution >= 4 is 17.7 Å². The van der Waals surface area contributed by atoms with Crippen LogP contribution < -0.4 is 0 Å². The van der Waals surface area contributed by atoms with E-state index >= 15 is 0 Å². The maximum atomic E-state index is 12.7. The molecule has 0 saturated carbocycles. The molecule has 0 aliphatic carbocycles. The Morgan fingerprint density at radius 2 is 2.07 bits per heavy atom. The highest BCUT2D eigenvalue weighted by Crippen LogP contribution is 2.28. The quantitative estimate of drug-likeness (QED) is 0.575. The third-order valence-corrected chi connectivity index (χ3v) is 6.14. The SMILES string of the molecule is CCc1ccccc1-n1cnnc1SCC(=O)N1CCC(c2nc(C)no2)CC1. The van der Waals surface area contributed by atoms with Crippen molar-refractivity contribution in [3.63, 3.8) is 0 Å². The molecule has 3 heterocycles. The molecule has 1 amide bonds. The number of hydrogen-bond acceptors (Lipinski definition) is 7. The number of para-hydroxylation sites is 1. The average molecular weight is 413 g/mol. The number of thioether (sulfide) groups is 1. The molecule has 2 aromatic heterocycles. The van der Waals surface area contributed by atoms with Gasteiger partial charge >= 0.3 is 0 Å². The molecule has 1 saturated heterocycles. The fourth-order valence-electron chi connectivity index (χ4n) is 3.61. The van der Waals surface area contributed by atoms with Crippen LogP contribution in [-0.2, 0) is 11.2 Å². The fraction of sp³-hybridized carbons (Fsp3) is 0.450. The molecule has 9 heteroatoms. The Morgan fingerprint density at radius 3 is 2.79 bits per heavy atom. The molecule has 29 heavy (non-hydrogen) atoms. The predicted octanol–water partition coefficient (Wildman–Crippen LogP) is 3.02. The molecule has 1 fully saturated rings. The van der Waals surface area contributed by atoms with Gasteiger partial charge in [0.15, 0.2) is 11.0 Å². The number of piperidine rings is 1. The van der Waals surface area contributed by atoms with Crippen molar-refractivity contribution in [2.45, 2.75) is 44.2 Å². The molecule has 8 nitrogen and oxygen atoms in total. The Balaban J connectivity index is 1.35. The molecule has 0 atom stereocenters. The largest absolute Gasteiger partial charge is 0.342 e. The Hall–Kier alpha value is -2.68. The summed E-state index contributed by atoms with van der Waals surface area (Å²) >= 11 is 1.43. The van der Waals surface area contributed by atoms with Gasteiger partial charge in [0, 0.05) is 19.0 Å². The first-order valence-corrected chi connectivity index (χ1v) is 10.8. The zero-order valence-corrected chi connectivity index (χ0v) is 17.4. The molecule has 4 rings (SSSR count). The van der Waals surface area contributed by atoms with Crippen molar-refractivity contribution in [3.8, 4) is 5.69 Å². The minimum Gasteiger partial charge on any atom is -0.342 e. The first-order valence-electron chi connectivity index (χ1n) is 9.84. The summed E-state index contributed by atoms with van der Waals surface area (Å²) in [6.07, 6.45) is 4.32. The van der Waals surface area contributed by atoms with Gasteiger partial charge in [-0.05, 0) is 37.8 Å². The number of carbonyl (C=O) groups excluding carboxylic acids is 1. The van der Waals surface area contributed by atoms with Gasteiger partial charge in [0.2, 0.25) is 11.8 Å². The highest BCUT2D eigenvalue weighted by Gasteiger charge is 2.27. The van der Waals surface area contributed by atoms with Gasteiger partial charge in [0.25, 0.3) is 0 Å². The average Bonchev–Trinajstić information content (AvgIpc) is 3.41. The lowest BCUT2D eigenvalue weighted by atomic mass is 9.97. The van der Waals surface area contributed by atoms with Gasteiger partial charge in [-0.15, -0.1) is 10.2 Å². The molecule has 0 radical (unpaired) electrons. The second-order valence-corrected chi connectivity index (χ2v) is 8.03. The smallest absolute Gasteiger partial charge is 0.233 e. The first kappa shape index (κ1) is 19.6. The van der Waals surface area contributed by atoms with E-state index in [9.17, 15) is 4.79 Å². The normalized spacial score (nSPS) is 15.0. The lowest BCUT2D eigenvalue weighted by molar-refractivity contribution is -0.129. The lowest BCUT2D eigenvalue weighted by Crippen LogP contribution is -2.39. The molecule has 1 aromatic carbocycles. The molecule has 0 unspecified atom stereocenters.